The lowest BCUT2D eigenvalue weighted by Gasteiger charge is -2.12. The summed E-state index contributed by atoms with van der Waals surface area (Å²) in [7, 11) is 0. The minimum atomic E-state index is -0.492. The third kappa shape index (κ3) is 5.36. The summed E-state index contributed by atoms with van der Waals surface area (Å²) in [5, 5.41) is 17.9. The van der Waals surface area contributed by atoms with Crippen LogP contribution in [0.3, 0.4) is 0 Å². The van der Waals surface area contributed by atoms with Crippen molar-refractivity contribution in [2.24, 2.45) is 0 Å². The third-order valence-corrected chi connectivity index (χ3v) is 5.16. The molecule has 0 fully saturated rings. The molecule has 0 amide bonds. The van der Waals surface area contributed by atoms with Gasteiger partial charge in [0.15, 0.2) is 0 Å². The van der Waals surface area contributed by atoms with Gasteiger partial charge in [-0.05, 0) is 31.2 Å². The number of H-pyrrole nitrogens is 1. The molecule has 0 saturated heterocycles. The van der Waals surface area contributed by atoms with Gasteiger partial charge in [-0.15, -0.1) is 0 Å². The van der Waals surface area contributed by atoms with Crippen LogP contribution in [0.2, 0.25) is 10.0 Å². The normalized spacial score (nSPS) is 10.8. The van der Waals surface area contributed by atoms with E-state index in [0.717, 1.165) is 5.69 Å². The van der Waals surface area contributed by atoms with Gasteiger partial charge in [0.25, 0.3) is 5.69 Å². The lowest BCUT2D eigenvalue weighted by Crippen LogP contribution is -2.16. The van der Waals surface area contributed by atoms with Gasteiger partial charge in [0.2, 0.25) is 5.95 Å². The molecule has 0 aliphatic rings. The van der Waals surface area contributed by atoms with Crippen LogP contribution in [0.25, 0.3) is 22.6 Å². The minimum absolute atomic E-state index is 0.0627. The van der Waals surface area contributed by atoms with E-state index in [1.165, 1.54) is 12.3 Å². The third-order valence-electron chi connectivity index (χ3n) is 4.61. The lowest BCUT2D eigenvalue weighted by molar-refractivity contribution is -0.385. The Morgan fingerprint density at radius 3 is 2.52 bits per heavy atom. The minimum Gasteiger partial charge on any atom is -0.368 e. The van der Waals surface area contributed by atoms with Crippen LogP contribution in [0.15, 0.2) is 48.9 Å². The highest BCUT2D eigenvalue weighted by Crippen LogP contribution is 2.35. The van der Waals surface area contributed by atoms with Crippen molar-refractivity contribution in [1.82, 2.24) is 24.9 Å². The first-order chi connectivity index (χ1) is 15.9. The highest BCUT2D eigenvalue weighted by atomic mass is 35.5. The molecule has 3 N–H and O–H groups in total. The van der Waals surface area contributed by atoms with Crippen LogP contribution < -0.4 is 10.6 Å². The number of hydrogen-bond acceptors (Lipinski definition) is 8. The van der Waals surface area contributed by atoms with Gasteiger partial charge in [0.05, 0.1) is 26.9 Å². The lowest BCUT2D eigenvalue weighted by atomic mass is 10.1. The van der Waals surface area contributed by atoms with Crippen molar-refractivity contribution in [2.45, 2.75) is 6.92 Å². The van der Waals surface area contributed by atoms with Crippen molar-refractivity contribution in [3.05, 3.63) is 74.8 Å². The molecular weight excluding hydrogens is 467 g/mol. The maximum absolute atomic E-state index is 10.7. The van der Waals surface area contributed by atoms with Gasteiger partial charge >= 0.3 is 0 Å². The number of halogens is 2. The second kappa shape index (κ2) is 9.80. The first-order valence-corrected chi connectivity index (χ1v) is 10.6. The van der Waals surface area contributed by atoms with Crippen molar-refractivity contribution in [3.8, 4) is 22.6 Å². The van der Waals surface area contributed by atoms with Gasteiger partial charge in [-0.25, -0.2) is 19.9 Å². The standard InChI is InChI=1S/C21H18Cl2N8O2/c1-12-9-27-20(29-12)16-11-28-21(30-19(16)15-4-2-13(22)8-17(15)23)25-7-6-24-18-5-3-14(10-26-18)31(32)33/h2-5,8-11H,6-7H2,1H3,(H,24,26)(H,27,29)(H,25,28,30). The fraction of sp³-hybridized carbons (Fsp3) is 0.143. The number of nitrogens with zero attached hydrogens (tertiary/aromatic N) is 5. The Bertz CT molecular complexity index is 1290. The summed E-state index contributed by atoms with van der Waals surface area (Å²) in [6.07, 6.45) is 4.68. The second-order valence-corrected chi connectivity index (χ2v) is 7.83. The quantitative estimate of drug-likeness (QED) is 0.181. The number of imidazole rings is 1. The van der Waals surface area contributed by atoms with Gasteiger partial charge in [-0.3, -0.25) is 10.1 Å². The number of pyridine rings is 1. The van der Waals surface area contributed by atoms with Gasteiger partial charge in [-0.1, -0.05) is 23.2 Å². The molecule has 33 heavy (non-hydrogen) atoms. The van der Waals surface area contributed by atoms with Gasteiger partial charge < -0.3 is 15.6 Å². The highest BCUT2D eigenvalue weighted by molar-refractivity contribution is 6.36. The van der Waals surface area contributed by atoms with E-state index in [1.54, 1.807) is 36.7 Å². The zero-order valence-electron chi connectivity index (χ0n) is 17.3. The number of rotatable bonds is 8. The molecule has 10 nitrogen and oxygen atoms in total. The molecule has 1 aromatic carbocycles. The van der Waals surface area contributed by atoms with Crippen molar-refractivity contribution >= 4 is 40.7 Å². The van der Waals surface area contributed by atoms with E-state index in [0.29, 0.717) is 57.5 Å². The van der Waals surface area contributed by atoms with Crippen LogP contribution in [0.5, 0.6) is 0 Å². The summed E-state index contributed by atoms with van der Waals surface area (Å²) in [4.78, 5) is 30.9. The Labute approximate surface area is 198 Å². The Morgan fingerprint density at radius 1 is 1.03 bits per heavy atom. The van der Waals surface area contributed by atoms with Crippen molar-refractivity contribution in [1.29, 1.82) is 0 Å². The molecule has 0 aliphatic heterocycles. The largest absolute Gasteiger partial charge is 0.368 e. The smallest absolute Gasteiger partial charge is 0.287 e. The predicted octanol–water partition coefficient (Wildman–Crippen LogP) is 4.98. The van der Waals surface area contributed by atoms with Crippen LogP contribution in [0, 0.1) is 17.0 Å². The molecule has 0 unspecified atom stereocenters. The van der Waals surface area contributed by atoms with E-state index < -0.39 is 4.92 Å². The van der Waals surface area contributed by atoms with E-state index in [-0.39, 0.29) is 5.69 Å². The molecule has 0 spiro atoms. The van der Waals surface area contributed by atoms with Crippen LogP contribution in [0.1, 0.15) is 5.69 Å². The molecule has 0 aliphatic carbocycles. The zero-order chi connectivity index (χ0) is 23.4. The summed E-state index contributed by atoms with van der Waals surface area (Å²) in [5.41, 5.74) is 2.78. The monoisotopic (exact) mass is 484 g/mol. The maximum Gasteiger partial charge on any atom is 0.287 e. The average molecular weight is 485 g/mol. The number of hydrogen-bond donors (Lipinski definition) is 3. The molecule has 12 heteroatoms. The number of aromatic amines is 1. The molecular formula is C21H18Cl2N8O2. The Kier molecular flexibility index (Phi) is 6.66. The summed E-state index contributed by atoms with van der Waals surface area (Å²) in [6.45, 7) is 2.86. The highest BCUT2D eigenvalue weighted by Gasteiger charge is 2.16. The van der Waals surface area contributed by atoms with Crippen molar-refractivity contribution < 1.29 is 4.92 Å². The molecule has 0 radical (unpaired) electrons. The Balaban J connectivity index is 1.51. The number of aromatic nitrogens is 5. The molecule has 4 rings (SSSR count). The molecule has 0 saturated carbocycles. The first-order valence-electron chi connectivity index (χ1n) is 9.84. The second-order valence-electron chi connectivity index (χ2n) is 6.98. The molecule has 168 valence electrons. The van der Waals surface area contributed by atoms with Crippen LogP contribution >= 0.6 is 23.2 Å². The van der Waals surface area contributed by atoms with E-state index in [4.69, 9.17) is 23.2 Å². The first kappa shape index (κ1) is 22.4. The summed E-state index contributed by atoms with van der Waals surface area (Å²) < 4.78 is 0. The number of nitrogens with one attached hydrogen (secondary N) is 3. The van der Waals surface area contributed by atoms with Crippen LogP contribution in [-0.4, -0.2) is 42.9 Å². The van der Waals surface area contributed by atoms with Gasteiger partial charge in [0.1, 0.15) is 17.8 Å². The Hall–Kier alpha value is -3.76. The van der Waals surface area contributed by atoms with Crippen LogP contribution in [-0.2, 0) is 0 Å². The van der Waals surface area contributed by atoms with Crippen molar-refractivity contribution in [3.63, 3.8) is 0 Å². The van der Waals surface area contributed by atoms with Gasteiger partial charge in [0, 0.05) is 42.1 Å². The fourth-order valence-corrected chi connectivity index (χ4v) is 3.54. The van der Waals surface area contributed by atoms with E-state index in [1.807, 2.05) is 6.92 Å². The van der Waals surface area contributed by atoms with Crippen molar-refractivity contribution in [2.75, 3.05) is 23.7 Å². The maximum atomic E-state index is 10.7. The number of nitro groups is 1. The zero-order valence-corrected chi connectivity index (χ0v) is 18.9. The van der Waals surface area contributed by atoms with E-state index in [2.05, 4.69) is 35.6 Å². The fourth-order valence-electron chi connectivity index (χ4n) is 3.04. The summed E-state index contributed by atoms with van der Waals surface area (Å²) >= 11 is 12.5. The van der Waals surface area contributed by atoms with E-state index in [9.17, 15) is 10.1 Å². The Morgan fingerprint density at radius 2 is 1.85 bits per heavy atom. The number of aryl methyl sites for hydroxylation is 1. The molecule has 3 aromatic heterocycles. The topological polar surface area (TPSA) is 135 Å². The van der Waals surface area contributed by atoms with Gasteiger partial charge in [-0.2, -0.15) is 0 Å². The molecule has 0 atom stereocenters. The number of anilines is 2. The molecule has 4 aromatic rings. The SMILES string of the molecule is Cc1c[nH]c(-c2cnc(NCCNc3ccc([N+](=O)[O-])cn3)nc2-c2ccc(Cl)cc2Cl)n1. The summed E-state index contributed by atoms with van der Waals surface area (Å²) in [5.74, 6) is 1.56. The summed E-state index contributed by atoms with van der Waals surface area (Å²) in [6, 6.07) is 8.15. The van der Waals surface area contributed by atoms with Crippen LogP contribution in [0.4, 0.5) is 17.5 Å². The van der Waals surface area contributed by atoms with E-state index >= 15 is 0 Å². The number of benzene rings is 1. The molecule has 3 heterocycles. The molecule has 0 bridgehead atoms. The predicted molar refractivity (Wildman–Crippen MR) is 128 cm³/mol. The average Bonchev–Trinajstić information content (AvgIpc) is 3.23.